The van der Waals surface area contributed by atoms with Gasteiger partial charge < -0.3 is 10.2 Å². The first-order valence-corrected chi connectivity index (χ1v) is 8.15. The van der Waals surface area contributed by atoms with Crippen molar-refractivity contribution in [2.45, 2.75) is 39.3 Å². The van der Waals surface area contributed by atoms with E-state index in [4.69, 9.17) is 0 Å². The van der Waals surface area contributed by atoms with Gasteiger partial charge in [-0.05, 0) is 33.7 Å². The van der Waals surface area contributed by atoms with Crippen LogP contribution in [0.3, 0.4) is 0 Å². The third-order valence-corrected chi connectivity index (χ3v) is 4.88. The van der Waals surface area contributed by atoms with Crippen molar-refractivity contribution in [1.29, 1.82) is 0 Å². The Morgan fingerprint density at radius 2 is 1.90 bits per heavy atom. The minimum absolute atomic E-state index is 0.0266. The van der Waals surface area contributed by atoms with E-state index >= 15 is 0 Å². The fraction of sp³-hybridized carbons (Fsp3) is 0.933. The predicted molar refractivity (Wildman–Crippen MR) is 81.8 cm³/mol. The molecule has 2 aliphatic heterocycles. The highest BCUT2D eigenvalue weighted by Gasteiger charge is 2.30. The molecule has 0 radical (unpaired) electrons. The monoisotopic (exact) mass is 282 g/mol. The lowest BCUT2D eigenvalue weighted by molar-refractivity contribution is -0.136. The van der Waals surface area contributed by atoms with Crippen molar-refractivity contribution in [2.75, 3.05) is 52.4 Å². The fourth-order valence-corrected chi connectivity index (χ4v) is 3.40. The lowest BCUT2D eigenvalue weighted by atomic mass is 10.1. The Kier molecular flexibility index (Phi) is 5.81. The van der Waals surface area contributed by atoms with Gasteiger partial charge in [0.1, 0.15) is 0 Å². The number of nitrogens with one attached hydrogen (secondary N) is 1. The van der Waals surface area contributed by atoms with E-state index in [1.54, 1.807) is 0 Å². The summed E-state index contributed by atoms with van der Waals surface area (Å²) in [6.45, 7) is 14.3. The molecule has 0 aromatic rings. The lowest BCUT2D eigenvalue weighted by Crippen LogP contribution is -2.56. The van der Waals surface area contributed by atoms with Crippen molar-refractivity contribution in [2.24, 2.45) is 0 Å². The molecule has 1 amide bonds. The zero-order valence-electron chi connectivity index (χ0n) is 13.3. The molecule has 2 atom stereocenters. The standard InChI is InChI=1S/C15H30N4O/c1-4-17(5-2)15(20)13(3)18-8-10-19(11-9-18)14-6-7-16-12-14/h13-14,16H,4-12H2,1-3H3. The Morgan fingerprint density at radius 1 is 1.25 bits per heavy atom. The highest BCUT2D eigenvalue weighted by molar-refractivity contribution is 5.81. The van der Waals surface area contributed by atoms with Gasteiger partial charge in [0.2, 0.25) is 5.91 Å². The van der Waals surface area contributed by atoms with Crippen LogP contribution in [0.1, 0.15) is 27.2 Å². The summed E-state index contributed by atoms with van der Waals surface area (Å²) in [5, 5.41) is 3.44. The maximum Gasteiger partial charge on any atom is 0.239 e. The average molecular weight is 282 g/mol. The molecule has 0 aromatic carbocycles. The van der Waals surface area contributed by atoms with Gasteiger partial charge in [-0.15, -0.1) is 0 Å². The molecule has 2 fully saturated rings. The Bertz CT molecular complexity index is 305. The number of hydrogen-bond acceptors (Lipinski definition) is 4. The van der Waals surface area contributed by atoms with E-state index in [0.717, 1.165) is 52.4 Å². The number of piperazine rings is 1. The molecule has 1 N–H and O–H groups in total. The van der Waals surface area contributed by atoms with Gasteiger partial charge in [0, 0.05) is 51.9 Å². The molecule has 0 aliphatic carbocycles. The molecular formula is C15H30N4O. The summed E-state index contributed by atoms with van der Waals surface area (Å²) in [5.41, 5.74) is 0. The van der Waals surface area contributed by atoms with Gasteiger partial charge >= 0.3 is 0 Å². The van der Waals surface area contributed by atoms with Crippen LogP contribution in [0, 0.1) is 0 Å². The second-order valence-electron chi connectivity index (χ2n) is 5.91. The van der Waals surface area contributed by atoms with Gasteiger partial charge in [0.25, 0.3) is 0 Å². The summed E-state index contributed by atoms with van der Waals surface area (Å²) in [6.07, 6.45) is 1.27. The molecule has 0 aromatic heterocycles. The molecule has 0 bridgehead atoms. The van der Waals surface area contributed by atoms with E-state index in [-0.39, 0.29) is 11.9 Å². The van der Waals surface area contributed by atoms with Crippen LogP contribution in [0.4, 0.5) is 0 Å². The molecule has 5 nitrogen and oxygen atoms in total. The predicted octanol–water partition coefficient (Wildman–Crippen LogP) is 0.223. The minimum Gasteiger partial charge on any atom is -0.342 e. The second-order valence-corrected chi connectivity index (χ2v) is 5.91. The molecular weight excluding hydrogens is 252 g/mol. The van der Waals surface area contributed by atoms with E-state index in [9.17, 15) is 4.79 Å². The van der Waals surface area contributed by atoms with Crippen LogP contribution < -0.4 is 5.32 Å². The number of rotatable bonds is 5. The summed E-state index contributed by atoms with van der Waals surface area (Å²) in [4.78, 5) is 19.3. The number of amides is 1. The highest BCUT2D eigenvalue weighted by Crippen LogP contribution is 2.14. The van der Waals surface area contributed by atoms with E-state index in [2.05, 4.69) is 35.9 Å². The van der Waals surface area contributed by atoms with Crippen molar-refractivity contribution in [1.82, 2.24) is 20.0 Å². The Labute approximate surface area is 123 Å². The van der Waals surface area contributed by atoms with Crippen LogP contribution in [-0.2, 0) is 4.79 Å². The molecule has 20 heavy (non-hydrogen) atoms. The lowest BCUT2D eigenvalue weighted by Gasteiger charge is -2.40. The third kappa shape index (κ3) is 3.51. The summed E-state index contributed by atoms with van der Waals surface area (Å²) in [6, 6.07) is 0.740. The van der Waals surface area contributed by atoms with E-state index < -0.39 is 0 Å². The molecule has 2 saturated heterocycles. The van der Waals surface area contributed by atoms with Gasteiger partial charge in [0.05, 0.1) is 6.04 Å². The van der Waals surface area contributed by atoms with Crippen LogP contribution in [-0.4, -0.2) is 85.0 Å². The topological polar surface area (TPSA) is 38.8 Å². The molecule has 2 rings (SSSR count). The fourth-order valence-electron chi connectivity index (χ4n) is 3.40. The van der Waals surface area contributed by atoms with Crippen molar-refractivity contribution in [3.63, 3.8) is 0 Å². The van der Waals surface area contributed by atoms with Gasteiger partial charge in [-0.2, -0.15) is 0 Å². The van der Waals surface area contributed by atoms with Crippen LogP contribution in [0.25, 0.3) is 0 Å². The Morgan fingerprint density at radius 3 is 2.40 bits per heavy atom. The van der Waals surface area contributed by atoms with E-state index in [1.807, 2.05) is 4.90 Å². The molecule has 0 saturated carbocycles. The molecule has 2 heterocycles. The first-order chi connectivity index (χ1) is 9.67. The smallest absolute Gasteiger partial charge is 0.239 e. The molecule has 0 spiro atoms. The van der Waals surface area contributed by atoms with Crippen molar-refractivity contribution >= 4 is 5.91 Å². The number of likely N-dealkylation sites (N-methyl/N-ethyl adjacent to an activating group) is 1. The quantitative estimate of drug-likeness (QED) is 0.783. The van der Waals surface area contributed by atoms with E-state index in [1.165, 1.54) is 6.42 Å². The summed E-state index contributed by atoms with van der Waals surface area (Å²) >= 11 is 0. The molecule has 2 unspecified atom stereocenters. The van der Waals surface area contributed by atoms with E-state index in [0.29, 0.717) is 6.04 Å². The van der Waals surface area contributed by atoms with Crippen molar-refractivity contribution in [3.8, 4) is 0 Å². The summed E-state index contributed by atoms with van der Waals surface area (Å²) in [7, 11) is 0. The van der Waals surface area contributed by atoms with Gasteiger partial charge in [0.15, 0.2) is 0 Å². The van der Waals surface area contributed by atoms with Crippen LogP contribution in [0.2, 0.25) is 0 Å². The average Bonchev–Trinajstić information content (AvgIpc) is 3.02. The SMILES string of the molecule is CCN(CC)C(=O)C(C)N1CCN(C2CCNC2)CC1. The Balaban J connectivity index is 1.81. The zero-order valence-corrected chi connectivity index (χ0v) is 13.3. The number of carbonyl (C=O) groups is 1. The number of nitrogens with zero attached hydrogens (tertiary/aromatic N) is 3. The summed E-state index contributed by atoms with van der Waals surface area (Å²) < 4.78 is 0. The first kappa shape index (κ1) is 15.7. The normalized spacial score (nSPS) is 26.6. The zero-order chi connectivity index (χ0) is 14.5. The third-order valence-electron chi connectivity index (χ3n) is 4.88. The van der Waals surface area contributed by atoms with Gasteiger partial charge in [-0.1, -0.05) is 0 Å². The van der Waals surface area contributed by atoms with Crippen molar-refractivity contribution in [3.05, 3.63) is 0 Å². The summed E-state index contributed by atoms with van der Waals surface area (Å²) in [5.74, 6) is 0.283. The first-order valence-electron chi connectivity index (χ1n) is 8.15. The second kappa shape index (κ2) is 7.38. The van der Waals surface area contributed by atoms with Gasteiger partial charge in [-0.3, -0.25) is 14.6 Å². The van der Waals surface area contributed by atoms with Gasteiger partial charge in [-0.25, -0.2) is 0 Å². The molecule has 116 valence electrons. The number of hydrogen-bond donors (Lipinski definition) is 1. The molecule has 5 heteroatoms. The minimum atomic E-state index is 0.0266. The maximum absolute atomic E-state index is 12.4. The van der Waals surface area contributed by atoms with Crippen LogP contribution >= 0.6 is 0 Å². The molecule has 2 aliphatic rings. The maximum atomic E-state index is 12.4. The highest BCUT2D eigenvalue weighted by atomic mass is 16.2. The van der Waals surface area contributed by atoms with Crippen LogP contribution in [0.15, 0.2) is 0 Å². The van der Waals surface area contributed by atoms with Crippen molar-refractivity contribution < 1.29 is 4.79 Å². The Hall–Kier alpha value is -0.650. The largest absolute Gasteiger partial charge is 0.342 e. The number of carbonyl (C=O) groups excluding carboxylic acids is 1. The van der Waals surface area contributed by atoms with Crippen LogP contribution in [0.5, 0.6) is 0 Å².